The van der Waals surface area contributed by atoms with E-state index in [-0.39, 0.29) is 57.1 Å². The minimum Gasteiger partial charge on any atom is -0.444 e. The third-order valence-corrected chi connectivity index (χ3v) is 1.44. The Morgan fingerprint density at radius 1 is 1.38 bits per heavy atom. The molecule has 66 valence electrons. The topological polar surface area (TPSA) is 32.9 Å². The number of Topliss-reactive ketones (excluding diaryl/α,β-unsaturated/α-hetero) is 1. The first kappa shape index (κ1) is 13.4. The van der Waals surface area contributed by atoms with Gasteiger partial charge in [0.1, 0.15) is 0 Å². The maximum atomic E-state index is 12.0. The number of hydrogen-bond acceptors (Lipinski definition) is 1. The van der Waals surface area contributed by atoms with Gasteiger partial charge in [-0.25, -0.2) is 0 Å². The molecule has 1 heterocycles. The third kappa shape index (κ3) is 3.59. The van der Waals surface area contributed by atoms with Crippen molar-refractivity contribution in [1.29, 1.82) is 0 Å². The van der Waals surface area contributed by atoms with Gasteiger partial charge in [0.2, 0.25) is 0 Å². The summed E-state index contributed by atoms with van der Waals surface area (Å²) in [7, 11) is 0. The number of aromatic nitrogens is 1. The Bertz CT molecular complexity index is 309. The van der Waals surface area contributed by atoms with E-state index in [9.17, 15) is 17.7 Å². The molecule has 0 fully saturated rings. The molecule has 0 unspecified atom stereocenters. The van der Waals surface area contributed by atoms with Crippen LogP contribution in [0.25, 0.3) is 0 Å². The first-order chi connectivity index (χ1) is 5.41. The maximum Gasteiger partial charge on any atom is 1.00 e. The fraction of sp³-hybridized carbons (Fsp3) is 0.167. The van der Waals surface area contributed by atoms with Crippen LogP contribution in [0.1, 0.15) is 17.4 Å². The molecule has 0 aliphatic heterocycles. The van der Waals surface area contributed by atoms with Crippen LogP contribution in [0.3, 0.4) is 0 Å². The Morgan fingerprint density at radius 2 is 1.92 bits per heavy atom. The fourth-order valence-electron chi connectivity index (χ4n) is 0.808. The van der Waals surface area contributed by atoms with E-state index in [4.69, 9.17) is 0 Å². The predicted octanol–water partition coefficient (Wildman–Crippen LogP) is -1.72. The van der Waals surface area contributed by atoms with Crippen molar-refractivity contribution in [3.63, 3.8) is 0 Å². The molecule has 1 aromatic heterocycles. The van der Waals surface area contributed by atoms with Crippen LogP contribution in [-0.4, -0.2) is 17.7 Å². The standard InChI is InChI=1S/C6H6BF3NO.K/c1-4(12)5-2-3-6(11-5)7(8,9)10;/h2-3,11H,1H3;/q-1;+1. The number of H-pyrrole nitrogens is 1. The second-order valence-electron chi connectivity index (χ2n) is 2.46. The van der Waals surface area contributed by atoms with Crippen molar-refractivity contribution in [2.75, 3.05) is 0 Å². The minimum absolute atomic E-state index is 0. The van der Waals surface area contributed by atoms with E-state index in [1.54, 1.807) is 0 Å². The molecule has 0 aromatic carbocycles. The van der Waals surface area contributed by atoms with Gasteiger partial charge in [-0.1, -0.05) is 6.07 Å². The number of carbonyl (C=O) groups excluding carboxylic acids is 1. The van der Waals surface area contributed by atoms with Crippen LogP contribution in [0.2, 0.25) is 0 Å². The van der Waals surface area contributed by atoms with Crippen LogP contribution in [-0.2, 0) is 0 Å². The molecule has 0 aliphatic rings. The van der Waals surface area contributed by atoms with Gasteiger partial charge in [-0.05, 0) is 11.7 Å². The molecule has 2 nitrogen and oxygen atoms in total. The van der Waals surface area contributed by atoms with Gasteiger partial charge in [-0.15, -0.1) is 0 Å². The van der Waals surface area contributed by atoms with Crippen molar-refractivity contribution in [2.24, 2.45) is 0 Å². The fourth-order valence-corrected chi connectivity index (χ4v) is 0.808. The van der Waals surface area contributed by atoms with E-state index in [2.05, 4.69) is 0 Å². The molecule has 0 bridgehead atoms. The van der Waals surface area contributed by atoms with Crippen molar-refractivity contribution in [1.82, 2.24) is 4.98 Å². The summed E-state index contributed by atoms with van der Waals surface area (Å²) in [4.78, 5) is 12.6. The summed E-state index contributed by atoms with van der Waals surface area (Å²) in [6.45, 7) is -3.81. The number of rotatable bonds is 2. The van der Waals surface area contributed by atoms with Gasteiger partial charge in [0.25, 0.3) is 0 Å². The molecule has 0 aliphatic carbocycles. The molecule has 1 N–H and O–H groups in total. The number of nitrogens with one attached hydrogen (secondary N) is 1. The zero-order valence-electron chi connectivity index (χ0n) is 7.27. The van der Waals surface area contributed by atoms with Crippen molar-refractivity contribution in [2.45, 2.75) is 6.92 Å². The summed E-state index contributed by atoms with van der Waals surface area (Å²) < 4.78 is 36.0. The molecule has 0 atom stereocenters. The molecule has 13 heavy (non-hydrogen) atoms. The predicted molar refractivity (Wildman–Crippen MR) is 39.5 cm³/mol. The molecule has 1 rings (SSSR count). The van der Waals surface area contributed by atoms with Crippen LogP contribution >= 0.6 is 0 Å². The van der Waals surface area contributed by atoms with Gasteiger partial charge in [-0.2, -0.15) is 0 Å². The van der Waals surface area contributed by atoms with Gasteiger partial charge < -0.3 is 17.9 Å². The zero-order valence-corrected chi connectivity index (χ0v) is 10.4. The van der Waals surface area contributed by atoms with E-state index >= 15 is 0 Å². The molecule has 0 amide bonds. The third-order valence-electron chi connectivity index (χ3n) is 1.44. The molecule has 0 saturated heterocycles. The van der Waals surface area contributed by atoms with Gasteiger partial charge in [-0.3, -0.25) is 4.79 Å². The molecular weight excluding hydrogens is 209 g/mol. The number of ketones is 1. The van der Waals surface area contributed by atoms with E-state index in [1.807, 2.05) is 4.98 Å². The van der Waals surface area contributed by atoms with Crippen LogP contribution in [0.15, 0.2) is 12.1 Å². The Labute approximate surface area is 116 Å². The second kappa shape index (κ2) is 4.79. The quantitative estimate of drug-likeness (QED) is 0.461. The molecule has 1 aromatic rings. The van der Waals surface area contributed by atoms with Crippen LogP contribution in [0.5, 0.6) is 0 Å². The maximum absolute atomic E-state index is 12.0. The zero-order chi connectivity index (χ0) is 9.35. The normalized spacial score (nSPS) is 10.8. The summed E-state index contributed by atoms with van der Waals surface area (Å²) in [6.07, 6.45) is 0. The molecule has 0 saturated carbocycles. The van der Waals surface area contributed by atoms with Gasteiger partial charge >= 0.3 is 58.4 Å². The number of carbonyl (C=O) groups is 1. The monoisotopic (exact) mass is 215 g/mol. The Balaban J connectivity index is 0.00000144. The summed E-state index contributed by atoms with van der Waals surface area (Å²) in [5, 5.41) is 0. The summed E-state index contributed by atoms with van der Waals surface area (Å²) in [5.74, 6) is -0.402. The van der Waals surface area contributed by atoms with Crippen LogP contribution in [0, 0.1) is 0 Å². The van der Waals surface area contributed by atoms with Gasteiger partial charge in [0.05, 0.1) is 5.69 Å². The van der Waals surface area contributed by atoms with Crippen molar-refractivity contribution in [3.05, 3.63) is 17.8 Å². The molecule has 0 radical (unpaired) electrons. The van der Waals surface area contributed by atoms with Gasteiger partial charge in [0.15, 0.2) is 5.78 Å². The molecular formula is C6H6BF3KNO. The SMILES string of the molecule is CC(=O)c1ccc([B-](F)(F)F)[nH]1.[K+]. The summed E-state index contributed by atoms with van der Waals surface area (Å²) >= 11 is 0. The first-order valence-electron chi connectivity index (χ1n) is 3.31. The first-order valence-corrected chi connectivity index (χ1v) is 3.31. The Kier molecular flexibility index (Phi) is 4.95. The van der Waals surface area contributed by atoms with Crippen molar-refractivity contribution < 1.29 is 69.1 Å². The van der Waals surface area contributed by atoms with E-state index < -0.39 is 18.4 Å². The Morgan fingerprint density at radius 3 is 2.15 bits per heavy atom. The van der Waals surface area contributed by atoms with E-state index in [0.29, 0.717) is 0 Å². The number of hydrogen-bond donors (Lipinski definition) is 1. The average molecular weight is 215 g/mol. The van der Waals surface area contributed by atoms with Crippen LogP contribution in [0.4, 0.5) is 12.9 Å². The second-order valence-corrected chi connectivity index (χ2v) is 2.46. The largest absolute Gasteiger partial charge is 1.00 e. The smallest absolute Gasteiger partial charge is 0.444 e. The number of aromatic amines is 1. The van der Waals surface area contributed by atoms with Crippen LogP contribution < -0.4 is 57.0 Å². The molecule has 0 spiro atoms. The van der Waals surface area contributed by atoms with Gasteiger partial charge in [0, 0.05) is 6.92 Å². The minimum atomic E-state index is -5.02. The molecule has 7 heteroatoms. The average Bonchev–Trinajstić information content (AvgIpc) is 2.30. The van der Waals surface area contributed by atoms with Crippen molar-refractivity contribution >= 4 is 18.4 Å². The number of halogens is 3. The Hall–Kier alpha value is 0.441. The van der Waals surface area contributed by atoms with Crippen molar-refractivity contribution in [3.8, 4) is 0 Å². The summed E-state index contributed by atoms with van der Waals surface area (Å²) in [6, 6.07) is 2.00. The van der Waals surface area contributed by atoms with E-state index in [1.165, 1.54) is 6.92 Å². The summed E-state index contributed by atoms with van der Waals surface area (Å²) in [5.41, 5.74) is -0.843. The van der Waals surface area contributed by atoms with E-state index in [0.717, 1.165) is 12.1 Å².